The lowest BCUT2D eigenvalue weighted by atomic mass is 10.1. The van der Waals surface area contributed by atoms with Gasteiger partial charge in [0.2, 0.25) is 0 Å². The van der Waals surface area contributed by atoms with Crippen LogP contribution in [0.25, 0.3) is 0 Å². The number of esters is 1. The first kappa shape index (κ1) is 12.7. The van der Waals surface area contributed by atoms with E-state index in [9.17, 15) is 4.79 Å². The fourth-order valence-corrected chi connectivity index (χ4v) is 3.24. The Kier molecular flexibility index (Phi) is 4.76. The van der Waals surface area contributed by atoms with Crippen LogP contribution in [-0.2, 0) is 9.53 Å². The van der Waals surface area contributed by atoms with Crippen LogP contribution in [0.15, 0.2) is 10.5 Å². The molecule has 3 nitrogen and oxygen atoms in total. The first-order valence-corrected chi connectivity index (χ1v) is 6.23. The van der Waals surface area contributed by atoms with Gasteiger partial charge in [-0.2, -0.15) is 0 Å². The van der Waals surface area contributed by atoms with E-state index in [1.54, 1.807) is 11.3 Å². The molecule has 1 unspecified atom stereocenters. The van der Waals surface area contributed by atoms with Gasteiger partial charge in [0.25, 0.3) is 0 Å². The molecule has 1 rings (SSSR count). The molecule has 1 atom stereocenters. The zero-order chi connectivity index (χ0) is 11.4. The topological polar surface area (TPSA) is 52.3 Å². The van der Waals surface area contributed by atoms with Crippen LogP contribution in [0.4, 0.5) is 0 Å². The second-order valence-corrected chi connectivity index (χ2v) is 5.43. The van der Waals surface area contributed by atoms with E-state index >= 15 is 0 Å². The van der Waals surface area contributed by atoms with Crippen LogP contribution in [0.3, 0.4) is 0 Å². The summed E-state index contributed by atoms with van der Waals surface area (Å²) in [4.78, 5) is 13.3. The summed E-state index contributed by atoms with van der Waals surface area (Å²) in [5.41, 5.74) is 5.98. The van der Waals surface area contributed by atoms with Crippen molar-refractivity contribution < 1.29 is 9.53 Å². The zero-order valence-electron chi connectivity index (χ0n) is 8.75. The predicted octanol–water partition coefficient (Wildman–Crippen LogP) is 2.77. The van der Waals surface area contributed by atoms with Crippen LogP contribution in [-0.4, -0.2) is 13.1 Å². The molecule has 0 bridgehead atoms. The summed E-state index contributed by atoms with van der Waals surface area (Å²) in [5, 5.41) is 0. The highest BCUT2D eigenvalue weighted by molar-refractivity contribution is 9.10. The minimum atomic E-state index is -0.213. The van der Waals surface area contributed by atoms with Crippen LogP contribution >= 0.6 is 27.3 Å². The van der Waals surface area contributed by atoms with Crippen molar-refractivity contribution in [3.8, 4) is 0 Å². The number of carbonyl (C=O) groups is 1. The molecular weight excluding hydrogens is 278 g/mol. The average Bonchev–Trinajstić information content (AvgIpc) is 2.53. The maximum absolute atomic E-state index is 11.0. The lowest BCUT2D eigenvalue weighted by Gasteiger charge is -2.09. The maximum atomic E-state index is 11.0. The molecule has 0 amide bonds. The highest BCUT2D eigenvalue weighted by atomic mass is 79.9. The Labute approximate surface area is 102 Å². The molecule has 0 spiro atoms. The minimum absolute atomic E-state index is 0.0998. The van der Waals surface area contributed by atoms with E-state index in [0.717, 1.165) is 9.35 Å². The van der Waals surface area contributed by atoms with Gasteiger partial charge in [0.1, 0.15) is 0 Å². The smallest absolute Gasteiger partial charge is 0.305 e. The number of hydrogen-bond donors (Lipinski definition) is 1. The third-order valence-corrected chi connectivity index (χ3v) is 4.16. The molecule has 0 saturated carbocycles. The van der Waals surface area contributed by atoms with E-state index < -0.39 is 0 Å². The average molecular weight is 292 g/mol. The highest BCUT2D eigenvalue weighted by Gasteiger charge is 2.14. The van der Waals surface area contributed by atoms with Gasteiger partial charge in [-0.1, -0.05) is 0 Å². The standard InChI is InChI=1S/C10H14BrNO2S/c1-6-5-7(11)10(15-6)8(12)3-4-9(13)14-2/h5,8H,3-4,12H2,1-2H3. The van der Waals surface area contributed by atoms with Crippen molar-refractivity contribution in [1.82, 2.24) is 0 Å². The third kappa shape index (κ3) is 3.59. The van der Waals surface area contributed by atoms with Gasteiger partial charge < -0.3 is 10.5 Å². The van der Waals surface area contributed by atoms with E-state index in [1.165, 1.54) is 12.0 Å². The van der Waals surface area contributed by atoms with Gasteiger partial charge in [0, 0.05) is 26.7 Å². The monoisotopic (exact) mass is 291 g/mol. The second-order valence-electron chi connectivity index (χ2n) is 3.29. The lowest BCUT2D eigenvalue weighted by molar-refractivity contribution is -0.140. The van der Waals surface area contributed by atoms with Crippen molar-refractivity contribution in [3.63, 3.8) is 0 Å². The molecule has 0 radical (unpaired) electrons. The van der Waals surface area contributed by atoms with E-state index in [2.05, 4.69) is 20.7 Å². The summed E-state index contributed by atoms with van der Waals surface area (Å²) >= 11 is 5.11. The van der Waals surface area contributed by atoms with Gasteiger partial charge in [0.05, 0.1) is 7.11 Å². The molecule has 0 fully saturated rings. The Bertz CT molecular complexity index is 351. The van der Waals surface area contributed by atoms with Crippen LogP contribution in [0.1, 0.15) is 28.6 Å². The lowest BCUT2D eigenvalue weighted by Crippen LogP contribution is -2.12. The van der Waals surface area contributed by atoms with Crippen molar-refractivity contribution in [2.75, 3.05) is 7.11 Å². The molecule has 0 saturated heterocycles. The zero-order valence-corrected chi connectivity index (χ0v) is 11.2. The minimum Gasteiger partial charge on any atom is -0.469 e. The Balaban J connectivity index is 2.57. The molecule has 0 aliphatic rings. The van der Waals surface area contributed by atoms with Gasteiger partial charge in [-0.25, -0.2) is 0 Å². The molecule has 15 heavy (non-hydrogen) atoms. The SMILES string of the molecule is COC(=O)CCC(N)c1sc(C)cc1Br. The molecule has 1 aromatic heterocycles. The van der Waals surface area contributed by atoms with E-state index in [1.807, 2.05) is 13.0 Å². The molecule has 2 N–H and O–H groups in total. The Morgan fingerprint density at radius 1 is 1.73 bits per heavy atom. The van der Waals surface area contributed by atoms with Crippen molar-refractivity contribution in [2.24, 2.45) is 5.73 Å². The summed E-state index contributed by atoms with van der Waals surface area (Å²) in [6.45, 7) is 2.03. The van der Waals surface area contributed by atoms with Crippen LogP contribution in [0.5, 0.6) is 0 Å². The molecule has 0 aliphatic heterocycles. The number of nitrogens with two attached hydrogens (primary N) is 1. The highest BCUT2D eigenvalue weighted by Crippen LogP contribution is 2.32. The van der Waals surface area contributed by atoms with Crippen molar-refractivity contribution in [3.05, 3.63) is 20.3 Å². The van der Waals surface area contributed by atoms with Gasteiger partial charge in [-0.15, -0.1) is 11.3 Å². The molecule has 1 aromatic rings. The molecule has 0 aromatic carbocycles. The van der Waals surface area contributed by atoms with Gasteiger partial charge in [-0.3, -0.25) is 4.79 Å². The summed E-state index contributed by atoms with van der Waals surface area (Å²) in [6, 6.07) is 1.94. The van der Waals surface area contributed by atoms with Gasteiger partial charge in [0.15, 0.2) is 0 Å². The maximum Gasteiger partial charge on any atom is 0.305 e. The Morgan fingerprint density at radius 3 is 2.87 bits per heavy atom. The summed E-state index contributed by atoms with van der Waals surface area (Å²) < 4.78 is 5.60. The molecular formula is C10H14BrNO2S. The number of aryl methyl sites for hydroxylation is 1. The molecule has 84 valence electrons. The second kappa shape index (κ2) is 5.63. The van der Waals surface area contributed by atoms with Crippen molar-refractivity contribution in [1.29, 1.82) is 0 Å². The number of halogens is 1. The fourth-order valence-electron chi connectivity index (χ4n) is 1.26. The van der Waals surface area contributed by atoms with E-state index in [-0.39, 0.29) is 12.0 Å². The van der Waals surface area contributed by atoms with E-state index in [0.29, 0.717) is 12.8 Å². The quantitative estimate of drug-likeness (QED) is 0.868. The van der Waals surface area contributed by atoms with Gasteiger partial charge in [-0.05, 0) is 35.3 Å². The fraction of sp³-hybridized carbons (Fsp3) is 0.500. The normalized spacial score (nSPS) is 12.5. The summed E-state index contributed by atoms with van der Waals surface area (Å²) in [5.74, 6) is -0.213. The van der Waals surface area contributed by atoms with Gasteiger partial charge >= 0.3 is 5.97 Å². The first-order chi connectivity index (χ1) is 7.04. The van der Waals surface area contributed by atoms with Crippen LogP contribution in [0.2, 0.25) is 0 Å². The van der Waals surface area contributed by atoms with Crippen LogP contribution in [0, 0.1) is 6.92 Å². The van der Waals surface area contributed by atoms with Crippen LogP contribution < -0.4 is 5.73 Å². The molecule has 5 heteroatoms. The molecule has 0 aliphatic carbocycles. The third-order valence-electron chi connectivity index (χ3n) is 2.06. The number of thiophene rings is 1. The first-order valence-electron chi connectivity index (χ1n) is 4.62. The molecule has 1 heterocycles. The number of carbonyl (C=O) groups excluding carboxylic acids is 1. The predicted molar refractivity (Wildman–Crippen MR) is 64.9 cm³/mol. The van der Waals surface area contributed by atoms with Crippen molar-refractivity contribution >= 4 is 33.2 Å². The number of hydrogen-bond acceptors (Lipinski definition) is 4. The number of rotatable bonds is 4. The Hall–Kier alpha value is -0.390. The largest absolute Gasteiger partial charge is 0.469 e. The number of methoxy groups -OCH3 is 1. The Morgan fingerprint density at radius 2 is 2.40 bits per heavy atom. The van der Waals surface area contributed by atoms with E-state index in [4.69, 9.17) is 5.73 Å². The number of ether oxygens (including phenoxy) is 1. The summed E-state index contributed by atoms with van der Waals surface area (Å²) in [7, 11) is 1.39. The summed E-state index contributed by atoms with van der Waals surface area (Å²) in [6.07, 6.45) is 0.978. The van der Waals surface area contributed by atoms with Crippen molar-refractivity contribution in [2.45, 2.75) is 25.8 Å².